The number of Topliss-reactive ketones (excluding diaryl/α,β-unsaturated/α-hetero) is 1. The SMILES string of the molecule is C[C@H]1O[C@H](O[C@H]2C(=O)c3c(O)cc(O)cc3O[C@@H]2c2ccc(O)c(O)c2)[C@@H](O)[C@@H](OC(=O)C=Cc2ccccc2)[C@@H]1O. The van der Waals surface area contributed by atoms with Gasteiger partial charge in [0, 0.05) is 18.2 Å². The van der Waals surface area contributed by atoms with Gasteiger partial charge in [0.2, 0.25) is 5.78 Å². The Labute approximate surface area is 239 Å². The van der Waals surface area contributed by atoms with Crippen LogP contribution < -0.4 is 4.74 Å². The summed E-state index contributed by atoms with van der Waals surface area (Å²) in [6, 6.07) is 14.6. The molecule has 0 radical (unpaired) electrons. The molecule has 2 aliphatic rings. The van der Waals surface area contributed by atoms with E-state index in [1.54, 1.807) is 24.3 Å². The number of benzene rings is 3. The van der Waals surface area contributed by atoms with Crippen LogP contribution in [0.4, 0.5) is 0 Å². The standard InChI is InChI=1S/C30H28O12/c1-14-24(36)28(41-22(35)10-7-15-5-3-2-4-6-15)26(38)30(39-14)42-29-25(37)23-20(34)12-17(31)13-21(23)40-27(29)16-8-9-18(32)19(33)11-16/h2-14,24,26-34,36,38H,1H3/t14-,24-,26+,27-,28+,29+,30-/m1/s1. The molecule has 0 aromatic heterocycles. The second kappa shape index (κ2) is 11.7. The third kappa shape index (κ3) is 5.74. The zero-order valence-corrected chi connectivity index (χ0v) is 22.1. The van der Waals surface area contributed by atoms with Crippen molar-refractivity contribution in [3.05, 3.63) is 83.4 Å². The molecule has 3 aromatic carbocycles. The molecule has 0 bridgehead atoms. The summed E-state index contributed by atoms with van der Waals surface area (Å²) in [5, 5.41) is 61.9. The van der Waals surface area contributed by atoms with E-state index in [1.165, 1.54) is 19.1 Å². The average Bonchev–Trinajstić information content (AvgIpc) is 2.95. The number of aromatic hydroxyl groups is 4. The van der Waals surface area contributed by atoms with Crippen LogP contribution in [0.25, 0.3) is 6.08 Å². The minimum absolute atomic E-state index is 0.157. The maximum absolute atomic E-state index is 13.7. The van der Waals surface area contributed by atoms with Crippen LogP contribution in [0, 0.1) is 0 Å². The van der Waals surface area contributed by atoms with E-state index in [0.29, 0.717) is 0 Å². The van der Waals surface area contributed by atoms with Crippen molar-refractivity contribution in [3.63, 3.8) is 0 Å². The van der Waals surface area contributed by atoms with E-state index in [2.05, 4.69) is 0 Å². The molecule has 2 heterocycles. The molecule has 7 atom stereocenters. The summed E-state index contributed by atoms with van der Waals surface area (Å²) >= 11 is 0. The van der Waals surface area contributed by atoms with Gasteiger partial charge in [-0.15, -0.1) is 0 Å². The average molecular weight is 581 g/mol. The largest absolute Gasteiger partial charge is 0.508 e. The normalized spacial score (nSPS) is 27.3. The predicted octanol–water partition coefficient (Wildman–Crippen LogP) is 2.30. The van der Waals surface area contributed by atoms with Gasteiger partial charge in [0.1, 0.15) is 35.0 Å². The number of ketones is 1. The lowest BCUT2D eigenvalue weighted by atomic mass is 9.92. The van der Waals surface area contributed by atoms with Gasteiger partial charge in [-0.2, -0.15) is 0 Å². The van der Waals surface area contributed by atoms with Crippen LogP contribution in [0.3, 0.4) is 0 Å². The van der Waals surface area contributed by atoms with Gasteiger partial charge in [0.05, 0.1) is 6.10 Å². The molecule has 12 nitrogen and oxygen atoms in total. The molecule has 0 saturated carbocycles. The number of carbonyl (C=O) groups is 2. The molecule has 0 spiro atoms. The molecule has 6 N–H and O–H groups in total. The number of ether oxygens (including phenoxy) is 4. The lowest BCUT2D eigenvalue weighted by molar-refractivity contribution is -0.306. The Morgan fingerprint density at radius 1 is 0.905 bits per heavy atom. The Balaban J connectivity index is 1.42. The molecule has 1 fully saturated rings. The molecule has 0 aliphatic carbocycles. The second-order valence-corrected chi connectivity index (χ2v) is 9.88. The maximum atomic E-state index is 13.7. The monoisotopic (exact) mass is 580 g/mol. The fraction of sp³-hybridized carbons (Fsp3) is 0.267. The number of fused-ring (bicyclic) bond motifs is 1. The number of hydrogen-bond acceptors (Lipinski definition) is 12. The van der Waals surface area contributed by atoms with E-state index in [4.69, 9.17) is 18.9 Å². The highest BCUT2D eigenvalue weighted by atomic mass is 16.7. The Morgan fingerprint density at radius 3 is 2.36 bits per heavy atom. The first-order chi connectivity index (χ1) is 20.0. The Morgan fingerprint density at radius 2 is 1.64 bits per heavy atom. The van der Waals surface area contributed by atoms with Gasteiger partial charge < -0.3 is 49.6 Å². The molecule has 3 aromatic rings. The van der Waals surface area contributed by atoms with Gasteiger partial charge in [-0.1, -0.05) is 36.4 Å². The Hall–Kier alpha value is -4.62. The van der Waals surface area contributed by atoms with Crippen LogP contribution in [0.2, 0.25) is 0 Å². The van der Waals surface area contributed by atoms with Gasteiger partial charge in [-0.25, -0.2) is 4.79 Å². The number of aliphatic hydroxyl groups is 2. The van der Waals surface area contributed by atoms with Gasteiger partial charge in [0.25, 0.3) is 0 Å². The fourth-order valence-electron chi connectivity index (χ4n) is 4.79. The number of aliphatic hydroxyl groups excluding tert-OH is 2. The highest BCUT2D eigenvalue weighted by Gasteiger charge is 2.50. The highest BCUT2D eigenvalue weighted by molar-refractivity contribution is 6.05. The van der Waals surface area contributed by atoms with Gasteiger partial charge in [-0.05, 0) is 36.3 Å². The molecule has 1 saturated heterocycles. The number of hydrogen-bond donors (Lipinski definition) is 6. The smallest absolute Gasteiger partial charge is 0.331 e. The number of rotatable bonds is 6. The van der Waals surface area contributed by atoms with Crippen molar-refractivity contribution in [1.82, 2.24) is 0 Å². The summed E-state index contributed by atoms with van der Waals surface area (Å²) < 4.78 is 22.8. The number of carbonyl (C=O) groups excluding carboxylic acids is 2. The van der Waals surface area contributed by atoms with E-state index in [1.807, 2.05) is 6.07 Å². The minimum atomic E-state index is -1.78. The van der Waals surface area contributed by atoms with E-state index in [9.17, 15) is 40.2 Å². The lowest BCUT2D eigenvalue weighted by Crippen LogP contribution is -2.60. The summed E-state index contributed by atoms with van der Waals surface area (Å²) in [7, 11) is 0. The van der Waals surface area contributed by atoms with Crippen molar-refractivity contribution in [2.75, 3.05) is 0 Å². The van der Waals surface area contributed by atoms with Crippen molar-refractivity contribution >= 4 is 17.8 Å². The summed E-state index contributed by atoms with van der Waals surface area (Å²) in [4.78, 5) is 26.2. The lowest BCUT2D eigenvalue weighted by Gasteiger charge is -2.43. The van der Waals surface area contributed by atoms with Crippen molar-refractivity contribution in [3.8, 4) is 28.7 Å². The third-order valence-electron chi connectivity index (χ3n) is 6.95. The first kappa shape index (κ1) is 28.9. The van der Waals surface area contributed by atoms with E-state index in [-0.39, 0.29) is 22.6 Å². The van der Waals surface area contributed by atoms with Crippen molar-refractivity contribution in [2.24, 2.45) is 0 Å². The fourth-order valence-corrected chi connectivity index (χ4v) is 4.79. The minimum Gasteiger partial charge on any atom is -0.508 e. The first-order valence-electron chi connectivity index (χ1n) is 12.9. The van der Waals surface area contributed by atoms with Gasteiger partial charge in [-0.3, -0.25) is 4.79 Å². The predicted molar refractivity (Wildman–Crippen MR) is 144 cm³/mol. The topological polar surface area (TPSA) is 192 Å². The second-order valence-electron chi connectivity index (χ2n) is 9.88. The summed E-state index contributed by atoms with van der Waals surface area (Å²) in [6.07, 6.45) is -7.72. The highest BCUT2D eigenvalue weighted by Crippen LogP contribution is 2.44. The molecular formula is C30H28O12. The molecule has 12 heteroatoms. The van der Waals surface area contributed by atoms with E-state index < -0.39 is 71.9 Å². The van der Waals surface area contributed by atoms with Gasteiger partial charge in [0.15, 0.2) is 36.1 Å². The molecule has 5 rings (SSSR count). The Kier molecular flexibility index (Phi) is 8.05. The Bertz CT molecular complexity index is 1500. The van der Waals surface area contributed by atoms with Crippen LogP contribution in [-0.4, -0.2) is 79.2 Å². The van der Waals surface area contributed by atoms with Crippen LogP contribution in [0.1, 0.15) is 34.5 Å². The molecule has 42 heavy (non-hydrogen) atoms. The molecular weight excluding hydrogens is 552 g/mol. The quantitative estimate of drug-likeness (QED) is 0.142. The van der Waals surface area contributed by atoms with Crippen LogP contribution in [0.5, 0.6) is 28.7 Å². The molecule has 0 unspecified atom stereocenters. The number of esters is 1. The number of phenolic OH excluding ortho intramolecular Hbond substituents is 4. The van der Waals surface area contributed by atoms with Crippen LogP contribution in [-0.2, 0) is 19.0 Å². The summed E-state index contributed by atoms with van der Waals surface area (Å²) in [5.74, 6) is -3.79. The maximum Gasteiger partial charge on any atom is 0.331 e. The van der Waals surface area contributed by atoms with E-state index in [0.717, 1.165) is 35.9 Å². The van der Waals surface area contributed by atoms with Crippen molar-refractivity contribution in [2.45, 2.75) is 49.8 Å². The zero-order valence-electron chi connectivity index (χ0n) is 22.1. The summed E-state index contributed by atoms with van der Waals surface area (Å²) in [5.41, 5.74) is 0.560. The van der Waals surface area contributed by atoms with Crippen LogP contribution in [0.15, 0.2) is 66.7 Å². The molecule has 0 amide bonds. The molecule has 220 valence electrons. The summed E-state index contributed by atoms with van der Waals surface area (Å²) in [6.45, 7) is 1.45. The number of phenols is 4. The first-order valence-corrected chi connectivity index (χ1v) is 12.9. The van der Waals surface area contributed by atoms with Gasteiger partial charge >= 0.3 is 5.97 Å². The molecule has 2 aliphatic heterocycles. The van der Waals surface area contributed by atoms with Crippen molar-refractivity contribution < 1.29 is 59.2 Å². The zero-order chi connectivity index (χ0) is 30.1. The van der Waals surface area contributed by atoms with Crippen LogP contribution >= 0.6 is 0 Å². The van der Waals surface area contributed by atoms with E-state index >= 15 is 0 Å². The van der Waals surface area contributed by atoms with Crippen molar-refractivity contribution in [1.29, 1.82) is 0 Å². The third-order valence-corrected chi connectivity index (χ3v) is 6.95.